The first-order valence-electron chi connectivity index (χ1n) is 7.18. The number of anilines is 1. The highest BCUT2D eigenvalue weighted by Gasteiger charge is 2.15. The SMILES string of the molecule is C[C@@H]([NH2+]CC(=O)Nc1cc(Cl)ccc1C#N)c1ccc(F)c(F)c1. The van der Waals surface area contributed by atoms with Crippen molar-refractivity contribution in [1.82, 2.24) is 0 Å². The lowest BCUT2D eigenvalue weighted by molar-refractivity contribution is -0.682. The van der Waals surface area contributed by atoms with Gasteiger partial charge in [-0.2, -0.15) is 5.26 Å². The fourth-order valence-electron chi connectivity index (χ4n) is 2.13. The van der Waals surface area contributed by atoms with E-state index in [1.54, 1.807) is 18.3 Å². The molecule has 1 amide bonds. The summed E-state index contributed by atoms with van der Waals surface area (Å²) < 4.78 is 26.2. The molecule has 0 radical (unpaired) electrons. The molecule has 24 heavy (non-hydrogen) atoms. The Morgan fingerprint density at radius 2 is 2.04 bits per heavy atom. The molecule has 0 fully saturated rings. The van der Waals surface area contributed by atoms with Gasteiger partial charge in [0.15, 0.2) is 18.2 Å². The summed E-state index contributed by atoms with van der Waals surface area (Å²) in [5.41, 5.74) is 1.22. The molecular formula is C17H15ClF2N3O+. The van der Waals surface area contributed by atoms with E-state index < -0.39 is 11.6 Å². The molecule has 2 aromatic rings. The number of carbonyl (C=O) groups is 1. The van der Waals surface area contributed by atoms with Gasteiger partial charge in [0.1, 0.15) is 12.1 Å². The van der Waals surface area contributed by atoms with Gasteiger partial charge < -0.3 is 10.6 Å². The van der Waals surface area contributed by atoms with Crippen LogP contribution in [0, 0.1) is 23.0 Å². The topological polar surface area (TPSA) is 69.5 Å². The number of amides is 1. The summed E-state index contributed by atoms with van der Waals surface area (Å²) in [6.45, 7) is 1.83. The molecule has 3 N–H and O–H groups in total. The summed E-state index contributed by atoms with van der Waals surface area (Å²) in [6.07, 6.45) is 0. The van der Waals surface area contributed by atoms with Crippen molar-refractivity contribution >= 4 is 23.2 Å². The largest absolute Gasteiger partial charge is 0.333 e. The van der Waals surface area contributed by atoms with Crippen LogP contribution in [0.25, 0.3) is 0 Å². The average molecular weight is 351 g/mol. The molecule has 0 saturated carbocycles. The van der Waals surface area contributed by atoms with Crippen LogP contribution in [0.15, 0.2) is 36.4 Å². The van der Waals surface area contributed by atoms with Gasteiger partial charge in [0.25, 0.3) is 5.91 Å². The number of benzene rings is 2. The van der Waals surface area contributed by atoms with E-state index in [-0.39, 0.29) is 18.5 Å². The number of rotatable bonds is 5. The van der Waals surface area contributed by atoms with Crippen LogP contribution in [0.1, 0.15) is 24.1 Å². The molecule has 0 aliphatic rings. The van der Waals surface area contributed by atoms with Gasteiger partial charge >= 0.3 is 0 Å². The maximum atomic E-state index is 13.2. The van der Waals surface area contributed by atoms with Crippen LogP contribution in [0.5, 0.6) is 0 Å². The van der Waals surface area contributed by atoms with Crippen LogP contribution in [0.2, 0.25) is 5.02 Å². The second-order valence-electron chi connectivity index (χ2n) is 5.25. The van der Waals surface area contributed by atoms with E-state index in [2.05, 4.69) is 5.32 Å². The Balaban J connectivity index is 1.97. The molecule has 0 aliphatic heterocycles. The predicted molar refractivity (Wildman–Crippen MR) is 86.4 cm³/mol. The van der Waals surface area contributed by atoms with E-state index in [0.717, 1.165) is 12.1 Å². The third kappa shape index (κ3) is 4.51. The molecule has 1 atom stereocenters. The van der Waals surface area contributed by atoms with Crippen LogP contribution in [-0.4, -0.2) is 12.5 Å². The summed E-state index contributed by atoms with van der Waals surface area (Å²) in [5, 5.41) is 13.7. The zero-order valence-corrected chi connectivity index (χ0v) is 13.6. The van der Waals surface area contributed by atoms with Crippen molar-refractivity contribution in [2.24, 2.45) is 0 Å². The quantitative estimate of drug-likeness (QED) is 0.870. The van der Waals surface area contributed by atoms with E-state index in [9.17, 15) is 13.6 Å². The molecule has 0 heterocycles. The van der Waals surface area contributed by atoms with E-state index in [0.29, 0.717) is 21.8 Å². The Bertz CT molecular complexity index is 805. The maximum absolute atomic E-state index is 13.2. The number of nitriles is 1. The number of hydrogen-bond acceptors (Lipinski definition) is 2. The van der Waals surface area contributed by atoms with E-state index in [4.69, 9.17) is 16.9 Å². The lowest BCUT2D eigenvalue weighted by Gasteiger charge is -2.12. The summed E-state index contributed by atoms with van der Waals surface area (Å²) in [6, 6.07) is 9.95. The van der Waals surface area contributed by atoms with Gasteiger partial charge in [0, 0.05) is 10.6 Å². The van der Waals surface area contributed by atoms with Crippen molar-refractivity contribution in [3.63, 3.8) is 0 Å². The monoisotopic (exact) mass is 350 g/mol. The second kappa shape index (κ2) is 7.86. The van der Waals surface area contributed by atoms with Gasteiger partial charge in [0.05, 0.1) is 11.3 Å². The smallest absolute Gasteiger partial charge is 0.279 e. The zero-order valence-electron chi connectivity index (χ0n) is 12.8. The van der Waals surface area contributed by atoms with Gasteiger partial charge in [-0.15, -0.1) is 0 Å². The predicted octanol–water partition coefficient (Wildman–Crippen LogP) is 2.75. The minimum Gasteiger partial charge on any atom is -0.333 e. The Hall–Kier alpha value is -2.49. The number of nitrogens with one attached hydrogen (secondary N) is 1. The van der Waals surface area contributed by atoms with Gasteiger partial charge in [-0.25, -0.2) is 8.78 Å². The molecular weight excluding hydrogens is 336 g/mol. The summed E-state index contributed by atoms with van der Waals surface area (Å²) in [5.74, 6) is -2.16. The first kappa shape index (κ1) is 17.9. The van der Waals surface area contributed by atoms with Crippen molar-refractivity contribution in [1.29, 1.82) is 5.26 Å². The molecule has 0 aromatic heterocycles. The highest BCUT2D eigenvalue weighted by molar-refractivity contribution is 6.31. The van der Waals surface area contributed by atoms with Gasteiger partial charge in [0.2, 0.25) is 0 Å². The van der Waals surface area contributed by atoms with Crippen LogP contribution in [-0.2, 0) is 4.79 Å². The normalized spacial score (nSPS) is 11.6. The third-order valence-electron chi connectivity index (χ3n) is 3.50. The molecule has 0 aliphatic carbocycles. The van der Waals surface area contributed by atoms with Gasteiger partial charge in [-0.1, -0.05) is 11.6 Å². The Labute approximate surface area is 143 Å². The van der Waals surface area contributed by atoms with Gasteiger partial charge in [-0.05, 0) is 43.3 Å². The number of halogens is 3. The number of hydrogen-bond donors (Lipinski definition) is 2. The van der Waals surface area contributed by atoms with Crippen molar-refractivity contribution in [3.05, 3.63) is 64.2 Å². The number of nitrogens with zero attached hydrogens (tertiary/aromatic N) is 1. The first-order valence-corrected chi connectivity index (χ1v) is 7.56. The van der Waals surface area contributed by atoms with Gasteiger partial charge in [-0.3, -0.25) is 4.79 Å². The fourth-order valence-corrected chi connectivity index (χ4v) is 2.31. The third-order valence-corrected chi connectivity index (χ3v) is 3.74. The minimum absolute atomic E-state index is 0.0531. The molecule has 2 aromatic carbocycles. The fraction of sp³-hybridized carbons (Fsp3) is 0.176. The lowest BCUT2D eigenvalue weighted by Crippen LogP contribution is -2.86. The highest BCUT2D eigenvalue weighted by Crippen LogP contribution is 2.20. The van der Waals surface area contributed by atoms with E-state index in [1.165, 1.54) is 18.2 Å². The molecule has 7 heteroatoms. The molecule has 0 spiro atoms. The van der Waals surface area contributed by atoms with E-state index in [1.807, 2.05) is 6.07 Å². The lowest BCUT2D eigenvalue weighted by atomic mass is 10.1. The average Bonchev–Trinajstić information content (AvgIpc) is 2.55. The first-order chi connectivity index (χ1) is 11.4. The van der Waals surface area contributed by atoms with Crippen molar-refractivity contribution < 1.29 is 18.9 Å². The molecule has 2 rings (SSSR count). The number of carbonyl (C=O) groups excluding carboxylic acids is 1. The molecule has 0 bridgehead atoms. The van der Waals surface area contributed by atoms with Crippen LogP contribution in [0.4, 0.5) is 14.5 Å². The summed E-state index contributed by atoms with van der Waals surface area (Å²) in [7, 11) is 0. The molecule has 124 valence electrons. The van der Waals surface area contributed by atoms with Crippen LogP contribution >= 0.6 is 11.6 Å². The molecule has 0 saturated heterocycles. The number of nitrogens with two attached hydrogens (primary N) is 1. The van der Waals surface area contributed by atoms with E-state index >= 15 is 0 Å². The van der Waals surface area contributed by atoms with Crippen molar-refractivity contribution in [2.45, 2.75) is 13.0 Å². The van der Waals surface area contributed by atoms with Crippen molar-refractivity contribution in [2.75, 3.05) is 11.9 Å². The van der Waals surface area contributed by atoms with Crippen molar-refractivity contribution in [3.8, 4) is 6.07 Å². The Morgan fingerprint density at radius 3 is 2.71 bits per heavy atom. The standard InChI is InChI=1S/C17H14ClF2N3O/c1-10(11-3-5-14(19)15(20)6-11)22-9-17(24)23-16-7-13(18)4-2-12(16)8-21/h2-7,10,22H,9H2,1H3,(H,23,24)/p+1/t10-/m1/s1. The summed E-state index contributed by atoms with van der Waals surface area (Å²) in [4.78, 5) is 12.0. The highest BCUT2D eigenvalue weighted by atomic mass is 35.5. The minimum atomic E-state index is -0.921. The maximum Gasteiger partial charge on any atom is 0.279 e. The molecule has 4 nitrogen and oxygen atoms in total. The number of quaternary nitrogens is 1. The second-order valence-corrected chi connectivity index (χ2v) is 5.69. The van der Waals surface area contributed by atoms with Crippen LogP contribution in [0.3, 0.4) is 0 Å². The summed E-state index contributed by atoms with van der Waals surface area (Å²) >= 11 is 5.86. The van der Waals surface area contributed by atoms with Crippen LogP contribution < -0.4 is 10.6 Å². The Kier molecular flexibility index (Phi) is 5.85. The molecule has 0 unspecified atom stereocenters. The Morgan fingerprint density at radius 1 is 1.29 bits per heavy atom. The zero-order chi connectivity index (χ0) is 17.7.